The van der Waals surface area contributed by atoms with Crippen molar-refractivity contribution in [2.24, 2.45) is 0 Å². The van der Waals surface area contributed by atoms with Crippen LogP contribution in [0.25, 0.3) is 0 Å². The average Bonchev–Trinajstić information content (AvgIpc) is 2.61. The number of hydrogen-bond donors (Lipinski definition) is 1. The Hall–Kier alpha value is -2.37. The van der Waals surface area contributed by atoms with Crippen LogP contribution in [0.3, 0.4) is 0 Å². The molecule has 1 N–H and O–H groups in total. The highest BCUT2D eigenvalue weighted by Gasteiger charge is 2.08. The Bertz CT molecular complexity index is 594. The van der Waals surface area contributed by atoms with Gasteiger partial charge in [0, 0.05) is 26.3 Å². The van der Waals surface area contributed by atoms with Crippen molar-refractivity contribution in [3.63, 3.8) is 0 Å². The van der Waals surface area contributed by atoms with Gasteiger partial charge in [0.15, 0.2) is 6.29 Å². The van der Waals surface area contributed by atoms with E-state index in [1.807, 2.05) is 54.6 Å². The van der Waals surface area contributed by atoms with E-state index in [2.05, 4.69) is 5.32 Å². The summed E-state index contributed by atoms with van der Waals surface area (Å²) in [5.41, 5.74) is 2.85. The zero-order chi connectivity index (χ0) is 16.5. The molecular weight excluding hydrogens is 294 g/mol. The van der Waals surface area contributed by atoms with Crippen molar-refractivity contribution in [2.75, 3.05) is 14.2 Å². The zero-order valence-corrected chi connectivity index (χ0v) is 13.3. The molecule has 0 atom stereocenters. The maximum Gasteiger partial charge on any atom is 0.407 e. The van der Waals surface area contributed by atoms with E-state index >= 15 is 0 Å². The molecule has 0 fully saturated rings. The Morgan fingerprint density at radius 3 is 2.22 bits per heavy atom. The smallest absolute Gasteiger partial charge is 0.407 e. The van der Waals surface area contributed by atoms with Gasteiger partial charge >= 0.3 is 6.09 Å². The van der Waals surface area contributed by atoms with Crippen LogP contribution in [0.1, 0.15) is 23.0 Å². The number of nitrogens with one attached hydrogen (secondary N) is 1. The number of carbonyl (C=O) groups is 1. The van der Waals surface area contributed by atoms with Crippen LogP contribution < -0.4 is 5.32 Å². The Labute approximate surface area is 136 Å². The summed E-state index contributed by atoms with van der Waals surface area (Å²) in [4.78, 5) is 11.7. The van der Waals surface area contributed by atoms with Gasteiger partial charge in [-0.3, -0.25) is 0 Å². The third-order valence-corrected chi connectivity index (χ3v) is 3.33. The summed E-state index contributed by atoms with van der Waals surface area (Å²) < 4.78 is 15.5. The predicted molar refractivity (Wildman–Crippen MR) is 86.7 cm³/mol. The second-order valence-corrected chi connectivity index (χ2v) is 4.96. The second kappa shape index (κ2) is 8.92. The van der Waals surface area contributed by atoms with Gasteiger partial charge in [0.25, 0.3) is 0 Å². The van der Waals surface area contributed by atoms with Crippen LogP contribution in [0.2, 0.25) is 0 Å². The molecule has 0 heterocycles. The summed E-state index contributed by atoms with van der Waals surface area (Å²) in [6, 6.07) is 17.2. The molecule has 2 rings (SSSR count). The Morgan fingerprint density at radius 2 is 1.61 bits per heavy atom. The molecular formula is C18H21NO4. The van der Waals surface area contributed by atoms with Crippen molar-refractivity contribution in [1.82, 2.24) is 5.32 Å². The molecule has 0 aliphatic rings. The molecule has 0 bridgehead atoms. The highest BCUT2D eigenvalue weighted by atomic mass is 16.7. The van der Waals surface area contributed by atoms with Gasteiger partial charge in [-0.25, -0.2) is 4.79 Å². The highest BCUT2D eigenvalue weighted by Crippen LogP contribution is 2.17. The van der Waals surface area contributed by atoms with Crippen molar-refractivity contribution in [3.8, 4) is 0 Å². The van der Waals surface area contributed by atoms with Gasteiger partial charge < -0.3 is 19.5 Å². The number of amides is 1. The van der Waals surface area contributed by atoms with Crippen LogP contribution in [0, 0.1) is 0 Å². The molecule has 23 heavy (non-hydrogen) atoms. The molecule has 0 radical (unpaired) electrons. The van der Waals surface area contributed by atoms with Gasteiger partial charge in [-0.05, 0) is 11.1 Å². The molecule has 0 aromatic heterocycles. The fraction of sp³-hybridized carbons (Fsp3) is 0.278. The van der Waals surface area contributed by atoms with Gasteiger partial charge in [0.1, 0.15) is 6.61 Å². The van der Waals surface area contributed by atoms with E-state index in [-0.39, 0.29) is 12.9 Å². The lowest BCUT2D eigenvalue weighted by Gasteiger charge is -2.14. The number of rotatable bonds is 7. The Morgan fingerprint density at radius 1 is 0.957 bits per heavy atom. The molecule has 122 valence electrons. The lowest BCUT2D eigenvalue weighted by Crippen LogP contribution is -2.23. The SMILES string of the molecule is COC(OC)c1ccc(CNC(=O)OCc2ccccc2)cc1. The summed E-state index contributed by atoms with van der Waals surface area (Å²) in [6.07, 6.45) is -0.822. The number of benzene rings is 2. The van der Waals surface area contributed by atoms with Gasteiger partial charge in [0.05, 0.1) is 0 Å². The first-order valence-electron chi connectivity index (χ1n) is 7.32. The van der Waals surface area contributed by atoms with E-state index < -0.39 is 6.09 Å². The first-order valence-corrected chi connectivity index (χ1v) is 7.32. The minimum Gasteiger partial charge on any atom is -0.445 e. The van der Waals surface area contributed by atoms with Crippen LogP contribution in [0.4, 0.5) is 4.79 Å². The van der Waals surface area contributed by atoms with Crippen LogP contribution in [0.5, 0.6) is 0 Å². The quantitative estimate of drug-likeness (QED) is 0.796. The normalized spacial score (nSPS) is 10.6. The number of ether oxygens (including phenoxy) is 3. The number of hydrogen-bond acceptors (Lipinski definition) is 4. The maximum atomic E-state index is 11.7. The average molecular weight is 315 g/mol. The van der Waals surface area contributed by atoms with Gasteiger partial charge in [-0.15, -0.1) is 0 Å². The minimum atomic E-state index is -0.440. The zero-order valence-electron chi connectivity index (χ0n) is 13.3. The third kappa shape index (κ3) is 5.39. The molecule has 1 amide bonds. The first kappa shape index (κ1) is 17.0. The molecule has 2 aromatic carbocycles. The number of alkyl carbamates (subject to hydrolysis) is 1. The fourth-order valence-electron chi connectivity index (χ4n) is 2.11. The summed E-state index contributed by atoms with van der Waals surface area (Å²) in [5.74, 6) is 0. The first-order chi connectivity index (χ1) is 11.2. The Balaban J connectivity index is 1.78. The molecule has 0 unspecified atom stereocenters. The van der Waals surface area contributed by atoms with E-state index in [0.717, 1.165) is 16.7 Å². The standard InChI is InChI=1S/C18H21NO4/c1-21-17(22-2)16-10-8-14(9-11-16)12-19-18(20)23-13-15-6-4-3-5-7-15/h3-11,17H,12-13H2,1-2H3,(H,19,20). The molecule has 5 nitrogen and oxygen atoms in total. The van der Waals surface area contributed by atoms with Crippen LogP contribution >= 0.6 is 0 Å². The summed E-state index contributed by atoms with van der Waals surface area (Å²) in [7, 11) is 3.18. The highest BCUT2D eigenvalue weighted by molar-refractivity contribution is 5.67. The fourth-order valence-corrected chi connectivity index (χ4v) is 2.11. The largest absolute Gasteiger partial charge is 0.445 e. The van der Waals surface area contributed by atoms with Crippen molar-refractivity contribution in [1.29, 1.82) is 0 Å². The number of carbonyl (C=O) groups excluding carboxylic acids is 1. The van der Waals surface area contributed by atoms with Crippen molar-refractivity contribution in [2.45, 2.75) is 19.4 Å². The van der Waals surface area contributed by atoms with E-state index in [4.69, 9.17) is 14.2 Å². The maximum absolute atomic E-state index is 11.7. The van der Waals surface area contributed by atoms with Crippen LogP contribution in [-0.4, -0.2) is 20.3 Å². The van der Waals surface area contributed by atoms with E-state index in [0.29, 0.717) is 6.54 Å². The van der Waals surface area contributed by atoms with Crippen LogP contribution in [0.15, 0.2) is 54.6 Å². The summed E-state index contributed by atoms with van der Waals surface area (Å²) >= 11 is 0. The van der Waals surface area contributed by atoms with Gasteiger partial charge in [-0.2, -0.15) is 0 Å². The van der Waals surface area contributed by atoms with E-state index in [1.54, 1.807) is 14.2 Å². The van der Waals surface area contributed by atoms with Crippen molar-refractivity contribution in [3.05, 3.63) is 71.3 Å². The summed E-state index contributed by atoms with van der Waals surface area (Å²) in [5, 5.41) is 2.72. The molecule has 5 heteroatoms. The molecule has 0 saturated carbocycles. The minimum absolute atomic E-state index is 0.259. The molecule has 0 aliphatic heterocycles. The van der Waals surface area contributed by atoms with Crippen molar-refractivity contribution < 1.29 is 19.0 Å². The molecule has 0 aliphatic carbocycles. The Kier molecular flexibility index (Phi) is 6.59. The number of methoxy groups -OCH3 is 2. The van der Waals surface area contributed by atoms with Gasteiger partial charge in [0.2, 0.25) is 0 Å². The lowest BCUT2D eigenvalue weighted by atomic mass is 10.1. The molecule has 2 aromatic rings. The third-order valence-electron chi connectivity index (χ3n) is 3.33. The predicted octanol–water partition coefficient (Wildman–Crippen LogP) is 3.40. The van der Waals surface area contributed by atoms with Crippen LogP contribution in [-0.2, 0) is 27.4 Å². The second-order valence-electron chi connectivity index (χ2n) is 4.96. The molecule has 0 saturated heterocycles. The van der Waals surface area contributed by atoms with Gasteiger partial charge in [-0.1, -0.05) is 54.6 Å². The van der Waals surface area contributed by atoms with Crippen molar-refractivity contribution >= 4 is 6.09 Å². The summed E-state index contributed by atoms with van der Waals surface area (Å²) in [6.45, 7) is 0.660. The lowest BCUT2D eigenvalue weighted by molar-refractivity contribution is -0.106. The van der Waals surface area contributed by atoms with E-state index in [9.17, 15) is 4.79 Å². The molecule has 0 spiro atoms. The van der Waals surface area contributed by atoms with E-state index in [1.165, 1.54) is 0 Å². The topological polar surface area (TPSA) is 56.8 Å². The monoisotopic (exact) mass is 315 g/mol.